The van der Waals surface area contributed by atoms with E-state index < -0.39 is 35.3 Å². The van der Waals surface area contributed by atoms with Crippen molar-refractivity contribution in [2.75, 3.05) is 0 Å². The lowest BCUT2D eigenvalue weighted by atomic mass is 9.99. The van der Waals surface area contributed by atoms with Crippen molar-refractivity contribution >= 4 is 5.91 Å². The van der Waals surface area contributed by atoms with Crippen LogP contribution in [0, 0.1) is 11.3 Å². The lowest BCUT2D eigenvalue weighted by Gasteiger charge is -2.28. The topological polar surface area (TPSA) is 44.1 Å². The summed E-state index contributed by atoms with van der Waals surface area (Å²) in [7, 11) is 0. The van der Waals surface area contributed by atoms with Gasteiger partial charge in [0, 0.05) is 5.56 Å². The Morgan fingerprint density at radius 2 is 1.79 bits per heavy atom. The lowest BCUT2D eigenvalue weighted by molar-refractivity contribution is -0.137. The predicted molar refractivity (Wildman–Crippen MR) is 80.8 cm³/mol. The van der Waals surface area contributed by atoms with Crippen LogP contribution in [0.3, 0.4) is 0 Å². The number of benzene rings is 2. The zero-order chi connectivity index (χ0) is 17.5. The van der Waals surface area contributed by atoms with Crippen molar-refractivity contribution in [2.45, 2.75) is 25.2 Å². The smallest absolute Gasteiger partial charge is 0.312 e. The number of fused-ring (bicyclic) bond motifs is 1. The molecule has 0 aromatic heterocycles. The number of hydrogen-bond acceptors (Lipinski definition) is 2. The van der Waals surface area contributed by atoms with E-state index in [-0.39, 0.29) is 5.56 Å². The Kier molecular flexibility index (Phi) is 3.80. The van der Waals surface area contributed by atoms with Gasteiger partial charge in [-0.2, -0.15) is 18.4 Å². The largest absolute Gasteiger partial charge is 0.417 e. The average molecular weight is 330 g/mol. The van der Waals surface area contributed by atoms with E-state index in [0.717, 1.165) is 11.6 Å². The molecule has 0 bridgehead atoms. The summed E-state index contributed by atoms with van der Waals surface area (Å²) in [5.41, 5.74) is -0.542. The third kappa shape index (κ3) is 2.42. The molecule has 2 unspecified atom stereocenters. The molecule has 3 rings (SSSR count). The van der Waals surface area contributed by atoms with E-state index in [0.29, 0.717) is 0 Å². The molecule has 1 aliphatic rings. The molecule has 1 amide bonds. The average Bonchev–Trinajstić information content (AvgIpc) is 2.86. The maximum Gasteiger partial charge on any atom is 0.417 e. The maximum absolute atomic E-state index is 13.2. The Morgan fingerprint density at radius 3 is 2.38 bits per heavy atom. The highest BCUT2D eigenvalue weighted by molar-refractivity contribution is 6.01. The summed E-state index contributed by atoms with van der Waals surface area (Å²) in [6.07, 6.45) is -4.65. The van der Waals surface area contributed by atoms with Crippen LogP contribution >= 0.6 is 0 Å². The number of nitrogens with zero attached hydrogens (tertiary/aromatic N) is 2. The Hall–Kier alpha value is -2.81. The van der Waals surface area contributed by atoms with Gasteiger partial charge < -0.3 is 4.90 Å². The zero-order valence-corrected chi connectivity index (χ0v) is 12.7. The summed E-state index contributed by atoms with van der Waals surface area (Å²) in [4.78, 5) is 13.9. The van der Waals surface area contributed by atoms with Crippen LogP contribution in [0.4, 0.5) is 13.2 Å². The van der Waals surface area contributed by atoms with Gasteiger partial charge in [-0.15, -0.1) is 0 Å². The SMILES string of the molecule is CC(c1ccccc1)N1C(=O)c2c(cccc2C(F)(F)F)C1C#N. The Balaban J connectivity index is 2.12. The maximum atomic E-state index is 13.2. The molecule has 24 heavy (non-hydrogen) atoms. The van der Waals surface area contributed by atoms with Gasteiger partial charge in [0.2, 0.25) is 0 Å². The van der Waals surface area contributed by atoms with Crippen molar-refractivity contribution in [1.29, 1.82) is 5.26 Å². The normalized spacial score (nSPS) is 18.2. The number of carbonyl (C=O) groups is 1. The summed E-state index contributed by atoms with van der Waals surface area (Å²) in [5.74, 6) is -0.763. The van der Waals surface area contributed by atoms with E-state index >= 15 is 0 Å². The van der Waals surface area contributed by atoms with Crippen molar-refractivity contribution in [3.05, 3.63) is 70.8 Å². The fourth-order valence-corrected chi connectivity index (χ4v) is 3.09. The van der Waals surface area contributed by atoms with Gasteiger partial charge in [-0.05, 0) is 18.6 Å². The van der Waals surface area contributed by atoms with Gasteiger partial charge in [0.1, 0.15) is 6.04 Å². The molecular formula is C18H13F3N2O. The van der Waals surface area contributed by atoms with Crippen molar-refractivity contribution in [3.8, 4) is 6.07 Å². The Labute approximate surface area is 136 Å². The molecule has 2 atom stereocenters. The third-order valence-electron chi connectivity index (χ3n) is 4.24. The van der Waals surface area contributed by atoms with Crippen molar-refractivity contribution in [2.24, 2.45) is 0 Å². The molecule has 2 aromatic carbocycles. The molecule has 0 radical (unpaired) electrons. The second-order valence-electron chi connectivity index (χ2n) is 5.60. The molecule has 2 aromatic rings. The van der Waals surface area contributed by atoms with Crippen LogP contribution < -0.4 is 0 Å². The van der Waals surface area contributed by atoms with Crippen LogP contribution in [0.2, 0.25) is 0 Å². The second-order valence-corrected chi connectivity index (χ2v) is 5.60. The zero-order valence-electron chi connectivity index (χ0n) is 12.7. The molecule has 0 fully saturated rings. The first-order chi connectivity index (χ1) is 11.4. The van der Waals surface area contributed by atoms with Crippen molar-refractivity contribution < 1.29 is 18.0 Å². The molecule has 1 aliphatic heterocycles. The van der Waals surface area contributed by atoms with Crippen LogP contribution in [-0.4, -0.2) is 10.8 Å². The molecule has 0 N–H and O–H groups in total. The summed E-state index contributed by atoms with van der Waals surface area (Å²) in [6, 6.07) is 12.9. The van der Waals surface area contributed by atoms with Crippen LogP contribution in [0.15, 0.2) is 48.5 Å². The highest BCUT2D eigenvalue weighted by atomic mass is 19.4. The number of nitriles is 1. The van der Waals surface area contributed by atoms with Gasteiger partial charge >= 0.3 is 6.18 Å². The van der Waals surface area contributed by atoms with Crippen LogP contribution in [0.1, 0.15) is 46.1 Å². The lowest BCUT2D eigenvalue weighted by Crippen LogP contribution is -2.31. The molecule has 0 spiro atoms. The minimum Gasteiger partial charge on any atom is -0.312 e. The number of halogens is 3. The summed E-state index contributed by atoms with van der Waals surface area (Å²) >= 11 is 0. The first-order valence-corrected chi connectivity index (χ1v) is 7.33. The van der Waals surface area contributed by atoms with Crippen molar-refractivity contribution in [3.63, 3.8) is 0 Å². The van der Waals surface area contributed by atoms with E-state index in [4.69, 9.17) is 0 Å². The number of carbonyl (C=O) groups excluding carboxylic acids is 1. The molecule has 0 aliphatic carbocycles. The fraction of sp³-hybridized carbons (Fsp3) is 0.222. The molecule has 6 heteroatoms. The molecular weight excluding hydrogens is 317 g/mol. The predicted octanol–water partition coefficient (Wildman–Crippen LogP) is 4.49. The molecule has 0 saturated carbocycles. The fourth-order valence-electron chi connectivity index (χ4n) is 3.09. The highest BCUT2D eigenvalue weighted by Crippen LogP contribution is 2.44. The van der Waals surface area contributed by atoms with Crippen LogP contribution in [0.25, 0.3) is 0 Å². The third-order valence-corrected chi connectivity index (χ3v) is 4.24. The standard InChI is InChI=1S/C18H13F3N2O/c1-11(12-6-3-2-4-7-12)23-15(10-22)13-8-5-9-14(18(19,20)21)16(13)17(23)24/h2-9,11,15H,1H3. The van der Waals surface area contributed by atoms with Gasteiger partial charge in [-0.1, -0.05) is 42.5 Å². The Morgan fingerprint density at radius 1 is 1.12 bits per heavy atom. The van der Waals surface area contributed by atoms with E-state index in [1.165, 1.54) is 17.0 Å². The van der Waals surface area contributed by atoms with E-state index in [1.54, 1.807) is 37.3 Å². The number of amides is 1. The summed E-state index contributed by atoms with van der Waals surface area (Å²) in [5, 5.41) is 9.47. The van der Waals surface area contributed by atoms with E-state index in [2.05, 4.69) is 0 Å². The molecule has 0 saturated heterocycles. The van der Waals surface area contributed by atoms with Gasteiger partial charge in [-0.3, -0.25) is 4.79 Å². The number of rotatable bonds is 2. The quantitative estimate of drug-likeness (QED) is 0.814. The summed E-state index contributed by atoms with van der Waals surface area (Å²) in [6.45, 7) is 1.71. The van der Waals surface area contributed by atoms with Crippen LogP contribution in [-0.2, 0) is 6.18 Å². The highest BCUT2D eigenvalue weighted by Gasteiger charge is 2.46. The minimum absolute atomic E-state index is 0.111. The van der Waals surface area contributed by atoms with Crippen molar-refractivity contribution in [1.82, 2.24) is 4.90 Å². The first kappa shape index (κ1) is 16.1. The van der Waals surface area contributed by atoms with Gasteiger partial charge in [-0.25, -0.2) is 0 Å². The summed E-state index contributed by atoms with van der Waals surface area (Å²) < 4.78 is 39.7. The van der Waals surface area contributed by atoms with Crippen LogP contribution in [0.5, 0.6) is 0 Å². The van der Waals surface area contributed by atoms with Gasteiger partial charge in [0.05, 0.1) is 23.2 Å². The van der Waals surface area contributed by atoms with E-state index in [1.807, 2.05) is 6.07 Å². The molecule has 3 nitrogen and oxygen atoms in total. The first-order valence-electron chi connectivity index (χ1n) is 7.33. The number of alkyl halides is 3. The molecule has 122 valence electrons. The Bertz CT molecular complexity index is 824. The minimum atomic E-state index is -4.65. The molecule has 1 heterocycles. The second kappa shape index (κ2) is 5.68. The van der Waals surface area contributed by atoms with Gasteiger partial charge in [0.15, 0.2) is 0 Å². The number of hydrogen-bond donors (Lipinski definition) is 0. The van der Waals surface area contributed by atoms with E-state index in [9.17, 15) is 23.2 Å². The van der Waals surface area contributed by atoms with Gasteiger partial charge in [0.25, 0.3) is 5.91 Å². The monoisotopic (exact) mass is 330 g/mol.